The second-order valence-electron chi connectivity index (χ2n) is 4.55. The Labute approximate surface area is 139 Å². The molecule has 0 aliphatic carbocycles. The van der Waals surface area contributed by atoms with Gasteiger partial charge in [-0.3, -0.25) is 10.1 Å². The van der Waals surface area contributed by atoms with Gasteiger partial charge in [-0.2, -0.15) is 0 Å². The van der Waals surface area contributed by atoms with Crippen molar-refractivity contribution in [3.05, 3.63) is 62.6 Å². The van der Waals surface area contributed by atoms with Crippen LogP contribution in [0.25, 0.3) is 10.9 Å². The number of nitro benzene ring substituents is 1. The molecule has 6 nitrogen and oxygen atoms in total. The molecule has 0 spiro atoms. The molecule has 1 N–H and O–H groups in total. The summed E-state index contributed by atoms with van der Waals surface area (Å²) in [6.45, 7) is 0. The quantitative estimate of drug-likeness (QED) is 0.544. The van der Waals surface area contributed by atoms with Crippen LogP contribution in [-0.2, 0) is 0 Å². The fraction of sp³-hybridized carbons (Fsp3) is 0. The van der Waals surface area contributed by atoms with E-state index in [9.17, 15) is 14.5 Å². The molecule has 1 aromatic heterocycles. The Morgan fingerprint density at radius 1 is 1.17 bits per heavy atom. The minimum atomic E-state index is -0.610. The number of nitrogens with one attached hydrogen (secondary N) is 1. The molecular weight excluding hydrogens is 346 g/mol. The van der Waals surface area contributed by atoms with E-state index in [-0.39, 0.29) is 27.2 Å². The maximum absolute atomic E-state index is 13.9. The third kappa shape index (κ3) is 3.01. The standard InChI is InChI=1S/C14H7Cl2FN4O2/c15-7-1-2-11(10(17)3-7)20-14-8-4-13(21(22)23)9(16)5-12(8)18-6-19-14/h1-6H,(H,18,19,20). The maximum atomic E-state index is 13.9. The van der Waals surface area contributed by atoms with Crippen LogP contribution in [0.2, 0.25) is 10.0 Å². The molecular formula is C14H7Cl2FN4O2. The third-order valence-electron chi connectivity index (χ3n) is 3.08. The molecule has 0 radical (unpaired) electrons. The zero-order chi connectivity index (χ0) is 16.6. The number of hydrogen-bond acceptors (Lipinski definition) is 5. The van der Waals surface area contributed by atoms with E-state index in [0.717, 1.165) is 6.07 Å². The van der Waals surface area contributed by atoms with Gasteiger partial charge in [-0.25, -0.2) is 14.4 Å². The zero-order valence-electron chi connectivity index (χ0n) is 11.3. The Bertz CT molecular complexity index is 936. The molecule has 23 heavy (non-hydrogen) atoms. The Hall–Kier alpha value is -2.51. The molecule has 0 fully saturated rings. The number of anilines is 2. The lowest BCUT2D eigenvalue weighted by Gasteiger charge is -2.09. The van der Waals surface area contributed by atoms with Gasteiger partial charge < -0.3 is 5.32 Å². The van der Waals surface area contributed by atoms with Gasteiger partial charge in [-0.1, -0.05) is 23.2 Å². The van der Waals surface area contributed by atoms with E-state index in [1.54, 1.807) is 0 Å². The highest BCUT2D eigenvalue weighted by Crippen LogP contribution is 2.33. The van der Waals surface area contributed by atoms with Crippen molar-refractivity contribution in [1.82, 2.24) is 9.97 Å². The zero-order valence-corrected chi connectivity index (χ0v) is 12.8. The first-order valence-corrected chi connectivity index (χ1v) is 7.02. The van der Waals surface area contributed by atoms with Gasteiger partial charge in [-0.05, 0) is 24.3 Å². The van der Waals surface area contributed by atoms with Crippen LogP contribution >= 0.6 is 23.2 Å². The lowest BCUT2D eigenvalue weighted by molar-refractivity contribution is -0.384. The fourth-order valence-corrected chi connectivity index (χ4v) is 2.41. The third-order valence-corrected chi connectivity index (χ3v) is 3.62. The van der Waals surface area contributed by atoms with E-state index in [2.05, 4.69) is 15.3 Å². The van der Waals surface area contributed by atoms with Gasteiger partial charge in [0.25, 0.3) is 5.69 Å². The van der Waals surface area contributed by atoms with Crippen molar-refractivity contribution in [2.45, 2.75) is 0 Å². The Morgan fingerprint density at radius 3 is 2.65 bits per heavy atom. The number of hydrogen-bond donors (Lipinski definition) is 1. The molecule has 3 rings (SSSR count). The molecule has 116 valence electrons. The van der Waals surface area contributed by atoms with Gasteiger partial charge in [-0.15, -0.1) is 0 Å². The molecule has 0 amide bonds. The molecule has 2 aromatic carbocycles. The number of nitro groups is 1. The van der Waals surface area contributed by atoms with Gasteiger partial charge in [0.15, 0.2) is 0 Å². The van der Waals surface area contributed by atoms with E-state index < -0.39 is 10.7 Å². The summed E-state index contributed by atoms with van der Waals surface area (Å²) in [5.74, 6) is -0.358. The maximum Gasteiger partial charge on any atom is 0.288 e. The van der Waals surface area contributed by atoms with E-state index in [1.165, 1.54) is 30.6 Å². The van der Waals surface area contributed by atoms with Crippen LogP contribution in [0.5, 0.6) is 0 Å². The van der Waals surface area contributed by atoms with Crippen molar-refractivity contribution in [3.8, 4) is 0 Å². The molecule has 0 aliphatic heterocycles. The highest BCUT2D eigenvalue weighted by atomic mass is 35.5. The van der Waals surface area contributed by atoms with Crippen LogP contribution in [0.15, 0.2) is 36.7 Å². The van der Waals surface area contributed by atoms with E-state index in [0.29, 0.717) is 10.9 Å². The first-order chi connectivity index (χ1) is 11.0. The minimum Gasteiger partial charge on any atom is -0.337 e. The topological polar surface area (TPSA) is 81.0 Å². The number of nitrogens with zero attached hydrogens (tertiary/aromatic N) is 3. The van der Waals surface area contributed by atoms with Gasteiger partial charge in [0.2, 0.25) is 0 Å². The Balaban J connectivity index is 2.13. The van der Waals surface area contributed by atoms with Crippen LogP contribution in [0, 0.1) is 15.9 Å². The molecule has 0 atom stereocenters. The van der Waals surface area contributed by atoms with Crippen molar-refractivity contribution in [1.29, 1.82) is 0 Å². The molecule has 0 unspecified atom stereocenters. The van der Waals surface area contributed by atoms with Crippen LogP contribution < -0.4 is 5.32 Å². The molecule has 0 saturated heterocycles. The van der Waals surface area contributed by atoms with Crippen molar-refractivity contribution in [3.63, 3.8) is 0 Å². The highest BCUT2D eigenvalue weighted by Gasteiger charge is 2.17. The average molecular weight is 353 g/mol. The smallest absolute Gasteiger partial charge is 0.288 e. The van der Waals surface area contributed by atoms with E-state index in [1.807, 2.05) is 0 Å². The van der Waals surface area contributed by atoms with Crippen LogP contribution in [-0.4, -0.2) is 14.9 Å². The number of fused-ring (bicyclic) bond motifs is 1. The first-order valence-electron chi connectivity index (χ1n) is 6.26. The summed E-state index contributed by atoms with van der Waals surface area (Å²) in [7, 11) is 0. The Morgan fingerprint density at radius 2 is 1.96 bits per heavy atom. The van der Waals surface area contributed by atoms with Crippen LogP contribution in [0.3, 0.4) is 0 Å². The van der Waals surface area contributed by atoms with Gasteiger partial charge in [0.1, 0.15) is 23.0 Å². The Kier molecular flexibility index (Phi) is 3.97. The van der Waals surface area contributed by atoms with Gasteiger partial charge >= 0.3 is 0 Å². The van der Waals surface area contributed by atoms with Crippen LogP contribution in [0.4, 0.5) is 21.6 Å². The lowest BCUT2D eigenvalue weighted by atomic mass is 10.2. The summed E-state index contributed by atoms with van der Waals surface area (Å²) in [5, 5.41) is 14.4. The molecule has 0 aliphatic rings. The number of halogens is 3. The summed E-state index contributed by atoms with van der Waals surface area (Å²) in [5.41, 5.74) is 0.244. The SMILES string of the molecule is O=[N+]([O-])c1cc2c(Nc3ccc(Cl)cc3F)ncnc2cc1Cl. The molecule has 0 saturated carbocycles. The first kappa shape index (κ1) is 15.4. The second-order valence-corrected chi connectivity index (χ2v) is 5.39. The molecule has 0 bridgehead atoms. The summed E-state index contributed by atoms with van der Waals surface area (Å²) in [4.78, 5) is 18.4. The molecule has 3 aromatic rings. The summed E-state index contributed by atoms with van der Waals surface area (Å²) < 4.78 is 13.9. The highest BCUT2D eigenvalue weighted by molar-refractivity contribution is 6.33. The summed E-state index contributed by atoms with van der Waals surface area (Å²) >= 11 is 11.6. The predicted molar refractivity (Wildman–Crippen MR) is 85.9 cm³/mol. The minimum absolute atomic E-state index is 0.0372. The molecule has 9 heteroatoms. The number of rotatable bonds is 3. The average Bonchev–Trinajstić information content (AvgIpc) is 2.49. The van der Waals surface area contributed by atoms with Gasteiger partial charge in [0, 0.05) is 16.5 Å². The molecule has 1 heterocycles. The summed E-state index contributed by atoms with van der Waals surface area (Å²) in [6.07, 6.45) is 1.25. The largest absolute Gasteiger partial charge is 0.337 e. The lowest BCUT2D eigenvalue weighted by Crippen LogP contribution is -1.99. The second kappa shape index (κ2) is 5.94. The van der Waals surface area contributed by atoms with Crippen molar-refractivity contribution in [2.75, 3.05) is 5.32 Å². The summed E-state index contributed by atoms with van der Waals surface area (Å²) in [6, 6.07) is 6.70. The van der Waals surface area contributed by atoms with Crippen molar-refractivity contribution in [2.24, 2.45) is 0 Å². The van der Waals surface area contributed by atoms with Gasteiger partial charge in [0.05, 0.1) is 16.1 Å². The van der Waals surface area contributed by atoms with Crippen molar-refractivity contribution >= 4 is 51.3 Å². The fourth-order valence-electron chi connectivity index (χ4n) is 2.02. The predicted octanol–water partition coefficient (Wildman–Crippen LogP) is 4.73. The normalized spacial score (nSPS) is 10.7. The van der Waals surface area contributed by atoms with Crippen molar-refractivity contribution < 1.29 is 9.31 Å². The number of aromatic nitrogens is 2. The van der Waals surface area contributed by atoms with E-state index >= 15 is 0 Å². The number of benzene rings is 2. The van der Waals surface area contributed by atoms with E-state index in [4.69, 9.17) is 23.2 Å². The van der Waals surface area contributed by atoms with Crippen LogP contribution in [0.1, 0.15) is 0 Å². The monoisotopic (exact) mass is 352 g/mol.